The van der Waals surface area contributed by atoms with Crippen LogP contribution in [0.15, 0.2) is 18.2 Å². The first-order valence-electron chi connectivity index (χ1n) is 4.80. The lowest BCUT2D eigenvalue weighted by Gasteiger charge is -2.24. The third kappa shape index (κ3) is 1.01. The molecule has 0 saturated heterocycles. The zero-order valence-electron chi connectivity index (χ0n) is 7.64. The molecule has 1 spiro atoms. The van der Waals surface area contributed by atoms with Crippen LogP contribution in [-0.4, -0.2) is 5.91 Å². The SMILES string of the molecule is O=C1Nc2c(Cl)cccc2CC12CC2. The van der Waals surface area contributed by atoms with Gasteiger partial charge in [-0.05, 0) is 30.9 Å². The fourth-order valence-corrected chi connectivity index (χ4v) is 2.34. The summed E-state index contributed by atoms with van der Waals surface area (Å²) < 4.78 is 0. The Hall–Kier alpha value is -1.02. The Balaban J connectivity index is 2.11. The van der Waals surface area contributed by atoms with Crippen molar-refractivity contribution < 1.29 is 4.79 Å². The van der Waals surface area contributed by atoms with E-state index in [2.05, 4.69) is 5.32 Å². The highest BCUT2D eigenvalue weighted by atomic mass is 35.5. The monoisotopic (exact) mass is 207 g/mol. The van der Waals surface area contributed by atoms with Crippen LogP contribution in [-0.2, 0) is 11.2 Å². The predicted molar refractivity (Wildman–Crippen MR) is 55.5 cm³/mol. The Morgan fingerprint density at radius 3 is 2.86 bits per heavy atom. The summed E-state index contributed by atoms with van der Waals surface area (Å²) in [5.41, 5.74) is 1.91. The predicted octanol–water partition coefficient (Wildman–Crippen LogP) is 2.61. The number of carbonyl (C=O) groups is 1. The van der Waals surface area contributed by atoms with Crippen molar-refractivity contribution in [2.75, 3.05) is 5.32 Å². The molecule has 14 heavy (non-hydrogen) atoms. The Labute approximate surface area is 87.3 Å². The maximum absolute atomic E-state index is 11.7. The molecule has 1 heterocycles. The minimum atomic E-state index is -0.0856. The molecule has 72 valence electrons. The van der Waals surface area contributed by atoms with Gasteiger partial charge in [0.2, 0.25) is 5.91 Å². The molecule has 1 aromatic rings. The molecule has 3 rings (SSSR count). The number of hydrogen-bond acceptors (Lipinski definition) is 1. The first-order valence-corrected chi connectivity index (χ1v) is 5.18. The summed E-state index contributed by atoms with van der Waals surface area (Å²) in [5, 5.41) is 3.55. The lowest BCUT2D eigenvalue weighted by Crippen LogP contribution is -2.31. The Bertz CT molecular complexity index is 423. The molecule has 1 aromatic carbocycles. The fourth-order valence-electron chi connectivity index (χ4n) is 2.10. The van der Waals surface area contributed by atoms with Gasteiger partial charge in [-0.1, -0.05) is 23.7 Å². The van der Waals surface area contributed by atoms with Crippen molar-refractivity contribution in [2.24, 2.45) is 5.41 Å². The van der Waals surface area contributed by atoms with Gasteiger partial charge in [-0.2, -0.15) is 0 Å². The number of para-hydroxylation sites is 1. The lowest BCUT2D eigenvalue weighted by atomic mass is 9.90. The number of hydrogen-bond donors (Lipinski definition) is 1. The van der Waals surface area contributed by atoms with Gasteiger partial charge in [0.25, 0.3) is 0 Å². The number of amides is 1. The second kappa shape index (κ2) is 2.51. The van der Waals surface area contributed by atoms with E-state index in [1.807, 2.05) is 18.2 Å². The van der Waals surface area contributed by atoms with Crippen molar-refractivity contribution in [2.45, 2.75) is 19.3 Å². The van der Waals surface area contributed by atoms with Crippen LogP contribution < -0.4 is 5.32 Å². The van der Waals surface area contributed by atoms with E-state index in [0.29, 0.717) is 5.02 Å². The number of fused-ring (bicyclic) bond motifs is 1. The van der Waals surface area contributed by atoms with Crippen molar-refractivity contribution >= 4 is 23.2 Å². The molecule has 3 heteroatoms. The van der Waals surface area contributed by atoms with Crippen LogP contribution in [0.3, 0.4) is 0 Å². The number of nitrogens with one attached hydrogen (secondary N) is 1. The van der Waals surface area contributed by atoms with Gasteiger partial charge in [0.1, 0.15) is 0 Å². The van der Waals surface area contributed by atoms with E-state index >= 15 is 0 Å². The molecular formula is C11H10ClNO. The van der Waals surface area contributed by atoms with Crippen LogP contribution >= 0.6 is 11.6 Å². The molecule has 0 unspecified atom stereocenters. The highest BCUT2D eigenvalue weighted by molar-refractivity contribution is 6.34. The molecule has 1 fully saturated rings. The molecule has 1 aliphatic heterocycles. The van der Waals surface area contributed by atoms with Gasteiger partial charge in [0.15, 0.2) is 0 Å². The molecular weight excluding hydrogens is 198 g/mol. The third-order valence-corrected chi connectivity index (χ3v) is 3.52. The van der Waals surface area contributed by atoms with E-state index in [0.717, 1.165) is 24.9 Å². The van der Waals surface area contributed by atoms with E-state index in [-0.39, 0.29) is 11.3 Å². The highest BCUT2D eigenvalue weighted by Crippen LogP contribution is 2.53. The second-order valence-electron chi connectivity index (χ2n) is 4.19. The van der Waals surface area contributed by atoms with Crippen LogP contribution in [0.2, 0.25) is 5.02 Å². The fraction of sp³-hybridized carbons (Fsp3) is 0.364. The van der Waals surface area contributed by atoms with Crippen LogP contribution in [0, 0.1) is 5.41 Å². The molecule has 0 aromatic heterocycles. The summed E-state index contributed by atoms with van der Waals surface area (Å²) >= 11 is 6.01. The average molecular weight is 208 g/mol. The van der Waals surface area contributed by atoms with Crippen molar-refractivity contribution in [1.82, 2.24) is 0 Å². The first-order chi connectivity index (χ1) is 6.71. The summed E-state index contributed by atoms with van der Waals surface area (Å²) in [7, 11) is 0. The van der Waals surface area contributed by atoms with Crippen LogP contribution in [0.5, 0.6) is 0 Å². The van der Waals surface area contributed by atoms with E-state index in [1.165, 1.54) is 5.56 Å². The topological polar surface area (TPSA) is 29.1 Å². The smallest absolute Gasteiger partial charge is 0.230 e. The molecule has 1 saturated carbocycles. The molecule has 1 aliphatic carbocycles. The highest BCUT2D eigenvalue weighted by Gasteiger charge is 2.52. The standard InChI is InChI=1S/C11H10ClNO/c12-8-3-1-2-7-6-11(4-5-11)10(14)13-9(7)8/h1-3H,4-6H2,(H,13,14). The zero-order valence-corrected chi connectivity index (χ0v) is 8.40. The van der Waals surface area contributed by atoms with E-state index in [1.54, 1.807) is 0 Å². The number of rotatable bonds is 0. The maximum Gasteiger partial charge on any atom is 0.230 e. The average Bonchev–Trinajstić information content (AvgIpc) is 2.91. The maximum atomic E-state index is 11.7. The Morgan fingerprint density at radius 2 is 2.14 bits per heavy atom. The van der Waals surface area contributed by atoms with Crippen molar-refractivity contribution in [3.63, 3.8) is 0 Å². The van der Waals surface area contributed by atoms with Crippen LogP contribution in [0.25, 0.3) is 0 Å². The van der Waals surface area contributed by atoms with Crippen molar-refractivity contribution in [3.8, 4) is 0 Å². The van der Waals surface area contributed by atoms with Gasteiger partial charge in [0, 0.05) is 0 Å². The Kier molecular flexibility index (Phi) is 1.49. The van der Waals surface area contributed by atoms with E-state index in [4.69, 9.17) is 11.6 Å². The minimum absolute atomic E-state index is 0.0856. The normalized spacial score (nSPS) is 21.6. The molecule has 1 N–H and O–H groups in total. The Morgan fingerprint density at radius 1 is 1.36 bits per heavy atom. The summed E-state index contributed by atoms with van der Waals surface area (Å²) in [6.45, 7) is 0. The van der Waals surface area contributed by atoms with E-state index < -0.39 is 0 Å². The van der Waals surface area contributed by atoms with Crippen LogP contribution in [0.4, 0.5) is 5.69 Å². The van der Waals surface area contributed by atoms with Crippen molar-refractivity contribution in [1.29, 1.82) is 0 Å². The molecule has 0 radical (unpaired) electrons. The molecule has 2 aliphatic rings. The number of benzene rings is 1. The van der Waals surface area contributed by atoms with Gasteiger partial charge in [-0.3, -0.25) is 4.79 Å². The largest absolute Gasteiger partial charge is 0.324 e. The van der Waals surface area contributed by atoms with Gasteiger partial charge >= 0.3 is 0 Å². The van der Waals surface area contributed by atoms with Gasteiger partial charge in [-0.15, -0.1) is 0 Å². The van der Waals surface area contributed by atoms with Gasteiger partial charge in [0.05, 0.1) is 16.1 Å². The summed E-state index contributed by atoms with van der Waals surface area (Å²) in [5.74, 6) is 0.151. The quantitative estimate of drug-likeness (QED) is 0.696. The zero-order chi connectivity index (χ0) is 9.76. The molecule has 2 nitrogen and oxygen atoms in total. The lowest BCUT2D eigenvalue weighted by molar-refractivity contribution is -0.121. The summed E-state index contributed by atoms with van der Waals surface area (Å²) in [6, 6.07) is 5.79. The van der Waals surface area contributed by atoms with Gasteiger partial charge in [-0.25, -0.2) is 0 Å². The van der Waals surface area contributed by atoms with Crippen LogP contribution in [0.1, 0.15) is 18.4 Å². The first kappa shape index (κ1) is 8.30. The minimum Gasteiger partial charge on any atom is -0.324 e. The van der Waals surface area contributed by atoms with E-state index in [9.17, 15) is 4.79 Å². The molecule has 1 amide bonds. The second-order valence-corrected chi connectivity index (χ2v) is 4.59. The number of halogens is 1. The molecule has 0 atom stereocenters. The molecule has 0 bridgehead atoms. The summed E-state index contributed by atoms with van der Waals surface area (Å²) in [6.07, 6.45) is 2.89. The third-order valence-electron chi connectivity index (χ3n) is 3.20. The van der Waals surface area contributed by atoms with Crippen molar-refractivity contribution in [3.05, 3.63) is 28.8 Å². The number of carbonyl (C=O) groups excluding carboxylic acids is 1. The summed E-state index contributed by atoms with van der Waals surface area (Å²) in [4.78, 5) is 11.7. The van der Waals surface area contributed by atoms with Gasteiger partial charge < -0.3 is 5.32 Å². The number of anilines is 1.